The van der Waals surface area contributed by atoms with Crippen LogP contribution in [0, 0.1) is 5.82 Å². The summed E-state index contributed by atoms with van der Waals surface area (Å²) in [6.45, 7) is 1.67. The molecule has 0 bridgehead atoms. The SMILES string of the molecule is CC(=O)Nc1cc(F)ccc1OCCCO. The van der Waals surface area contributed by atoms with Gasteiger partial charge in [-0.25, -0.2) is 4.39 Å². The summed E-state index contributed by atoms with van der Waals surface area (Å²) in [7, 11) is 0. The summed E-state index contributed by atoms with van der Waals surface area (Å²) in [6.07, 6.45) is 0.483. The molecule has 0 aliphatic carbocycles. The van der Waals surface area contributed by atoms with Crippen molar-refractivity contribution < 1.29 is 19.0 Å². The molecule has 1 aromatic carbocycles. The first-order chi connectivity index (χ1) is 7.63. The van der Waals surface area contributed by atoms with Gasteiger partial charge in [0.2, 0.25) is 5.91 Å². The van der Waals surface area contributed by atoms with Crippen LogP contribution in [0.4, 0.5) is 10.1 Å². The highest BCUT2D eigenvalue weighted by Crippen LogP contribution is 2.25. The zero-order chi connectivity index (χ0) is 12.0. The molecule has 88 valence electrons. The van der Waals surface area contributed by atoms with Crippen LogP contribution in [0.5, 0.6) is 5.75 Å². The van der Waals surface area contributed by atoms with Gasteiger partial charge >= 0.3 is 0 Å². The normalized spacial score (nSPS) is 9.94. The molecule has 16 heavy (non-hydrogen) atoms. The summed E-state index contributed by atoms with van der Waals surface area (Å²) >= 11 is 0. The van der Waals surface area contributed by atoms with Crippen molar-refractivity contribution in [3.05, 3.63) is 24.0 Å². The molecular weight excluding hydrogens is 213 g/mol. The van der Waals surface area contributed by atoms with Crippen LogP contribution in [0.15, 0.2) is 18.2 Å². The Labute approximate surface area is 93.0 Å². The van der Waals surface area contributed by atoms with Gasteiger partial charge in [0.05, 0.1) is 12.3 Å². The Hall–Kier alpha value is -1.62. The first kappa shape index (κ1) is 12.4. The van der Waals surface area contributed by atoms with Crippen LogP contribution in [0.2, 0.25) is 0 Å². The van der Waals surface area contributed by atoms with Gasteiger partial charge < -0.3 is 15.2 Å². The summed E-state index contributed by atoms with van der Waals surface area (Å²) in [5.41, 5.74) is 0.297. The van der Waals surface area contributed by atoms with E-state index in [1.165, 1.54) is 25.1 Å². The Morgan fingerprint density at radius 3 is 2.94 bits per heavy atom. The number of aliphatic hydroxyl groups is 1. The maximum Gasteiger partial charge on any atom is 0.221 e. The number of amides is 1. The molecule has 0 fully saturated rings. The van der Waals surface area contributed by atoms with Gasteiger partial charge in [-0.05, 0) is 12.1 Å². The smallest absolute Gasteiger partial charge is 0.221 e. The number of anilines is 1. The maximum absolute atomic E-state index is 12.9. The van der Waals surface area contributed by atoms with Crippen LogP contribution in [-0.4, -0.2) is 24.2 Å². The topological polar surface area (TPSA) is 58.6 Å². The molecule has 0 saturated heterocycles. The molecule has 2 N–H and O–H groups in total. The van der Waals surface area contributed by atoms with Gasteiger partial charge in [0.25, 0.3) is 0 Å². The van der Waals surface area contributed by atoms with Crippen LogP contribution >= 0.6 is 0 Å². The molecule has 0 saturated carbocycles. The lowest BCUT2D eigenvalue weighted by Gasteiger charge is -2.11. The lowest BCUT2D eigenvalue weighted by atomic mass is 10.2. The summed E-state index contributed by atoms with van der Waals surface area (Å²) in [5, 5.41) is 11.1. The highest BCUT2D eigenvalue weighted by Gasteiger charge is 2.06. The van der Waals surface area contributed by atoms with Crippen LogP contribution in [-0.2, 0) is 4.79 Å². The van der Waals surface area contributed by atoms with Crippen molar-refractivity contribution in [2.45, 2.75) is 13.3 Å². The summed E-state index contributed by atoms with van der Waals surface area (Å²) in [5.74, 6) is -0.346. The van der Waals surface area contributed by atoms with Crippen molar-refractivity contribution in [2.75, 3.05) is 18.5 Å². The van der Waals surface area contributed by atoms with Crippen molar-refractivity contribution in [3.8, 4) is 5.75 Å². The number of benzene rings is 1. The molecule has 1 amide bonds. The molecule has 0 aliphatic heterocycles. The van der Waals surface area contributed by atoms with Crippen LogP contribution in [0.3, 0.4) is 0 Å². The minimum atomic E-state index is -0.446. The molecule has 0 spiro atoms. The number of carbonyl (C=O) groups excluding carboxylic acids is 1. The van der Waals surface area contributed by atoms with Crippen molar-refractivity contribution in [1.82, 2.24) is 0 Å². The van der Waals surface area contributed by atoms with Crippen molar-refractivity contribution >= 4 is 11.6 Å². The van der Waals surface area contributed by atoms with E-state index in [0.717, 1.165) is 0 Å². The largest absolute Gasteiger partial charge is 0.491 e. The second kappa shape index (κ2) is 6.07. The van der Waals surface area contributed by atoms with Crippen molar-refractivity contribution in [2.24, 2.45) is 0 Å². The first-order valence-corrected chi connectivity index (χ1v) is 4.94. The van der Waals surface area contributed by atoms with E-state index in [4.69, 9.17) is 9.84 Å². The first-order valence-electron chi connectivity index (χ1n) is 4.94. The van der Waals surface area contributed by atoms with Crippen LogP contribution in [0.25, 0.3) is 0 Å². The number of halogens is 1. The number of carbonyl (C=O) groups is 1. The fraction of sp³-hybridized carbons (Fsp3) is 0.364. The molecule has 5 heteroatoms. The number of hydrogen-bond acceptors (Lipinski definition) is 3. The summed E-state index contributed by atoms with van der Waals surface area (Å²) < 4.78 is 18.2. The third kappa shape index (κ3) is 3.86. The average molecular weight is 227 g/mol. The number of aliphatic hydroxyl groups excluding tert-OH is 1. The third-order valence-corrected chi connectivity index (χ3v) is 1.81. The molecule has 1 aromatic rings. The van der Waals surface area contributed by atoms with Crippen LogP contribution < -0.4 is 10.1 Å². The van der Waals surface area contributed by atoms with Crippen LogP contribution in [0.1, 0.15) is 13.3 Å². The highest BCUT2D eigenvalue weighted by atomic mass is 19.1. The monoisotopic (exact) mass is 227 g/mol. The maximum atomic E-state index is 12.9. The molecule has 0 unspecified atom stereocenters. The lowest BCUT2D eigenvalue weighted by Crippen LogP contribution is -2.09. The summed E-state index contributed by atoms with van der Waals surface area (Å²) in [4.78, 5) is 10.9. The minimum Gasteiger partial charge on any atom is -0.491 e. The Balaban J connectivity index is 2.76. The lowest BCUT2D eigenvalue weighted by molar-refractivity contribution is -0.114. The van der Waals surface area contributed by atoms with Gasteiger partial charge in [-0.3, -0.25) is 4.79 Å². The van der Waals surface area contributed by atoms with E-state index in [-0.39, 0.29) is 12.5 Å². The predicted molar refractivity (Wildman–Crippen MR) is 57.9 cm³/mol. The molecule has 0 atom stereocenters. The van der Waals surface area contributed by atoms with E-state index < -0.39 is 5.82 Å². The molecule has 0 aromatic heterocycles. The van der Waals surface area contributed by atoms with Crippen molar-refractivity contribution in [3.63, 3.8) is 0 Å². The van der Waals surface area contributed by atoms with Gasteiger partial charge in [0.15, 0.2) is 0 Å². The Bertz CT molecular complexity index is 368. The number of ether oxygens (including phenoxy) is 1. The average Bonchev–Trinajstić information content (AvgIpc) is 2.20. The number of rotatable bonds is 5. The molecule has 4 nitrogen and oxygen atoms in total. The van der Waals surface area contributed by atoms with Gasteiger partial charge in [-0.15, -0.1) is 0 Å². The zero-order valence-electron chi connectivity index (χ0n) is 9.00. The van der Waals surface area contributed by atoms with E-state index in [9.17, 15) is 9.18 Å². The molecule has 0 radical (unpaired) electrons. The van der Waals surface area contributed by atoms with E-state index in [2.05, 4.69) is 5.32 Å². The van der Waals surface area contributed by atoms with E-state index in [1.54, 1.807) is 0 Å². The van der Waals surface area contributed by atoms with E-state index >= 15 is 0 Å². The zero-order valence-corrected chi connectivity index (χ0v) is 9.00. The third-order valence-electron chi connectivity index (χ3n) is 1.81. The Morgan fingerprint density at radius 2 is 2.31 bits per heavy atom. The molecule has 1 rings (SSSR count). The molecule has 0 heterocycles. The Morgan fingerprint density at radius 1 is 1.56 bits per heavy atom. The van der Waals surface area contributed by atoms with Crippen molar-refractivity contribution in [1.29, 1.82) is 0 Å². The number of nitrogens with one attached hydrogen (secondary N) is 1. The van der Waals surface area contributed by atoms with Gasteiger partial charge in [-0.2, -0.15) is 0 Å². The fourth-order valence-corrected chi connectivity index (χ4v) is 1.16. The molecule has 0 aliphatic rings. The van der Waals surface area contributed by atoms with Gasteiger partial charge in [0.1, 0.15) is 11.6 Å². The predicted octanol–water partition coefficient (Wildman–Crippen LogP) is 1.55. The second-order valence-corrected chi connectivity index (χ2v) is 3.25. The van der Waals surface area contributed by atoms with E-state index in [0.29, 0.717) is 24.5 Å². The fourth-order valence-electron chi connectivity index (χ4n) is 1.16. The highest BCUT2D eigenvalue weighted by molar-refractivity contribution is 5.90. The van der Waals surface area contributed by atoms with Gasteiger partial charge in [0, 0.05) is 26.0 Å². The van der Waals surface area contributed by atoms with Gasteiger partial charge in [-0.1, -0.05) is 0 Å². The second-order valence-electron chi connectivity index (χ2n) is 3.25. The minimum absolute atomic E-state index is 0.0245. The Kier molecular flexibility index (Phi) is 4.72. The quantitative estimate of drug-likeness (QED) is 0.750. The summed E-state index contributed by atoms with van der Waals surface area (Å²) in [6, 6.07) is 3.88. The van der Waals surface area contributed by atoms with E-state index in [1.807, 2.05) is 0 Å². The molecular formula is C11H14FNO3. The standard InChI is InChI=1S/C11H14FNO3/c1-8(15)13-10-7-9(12)3-4-11(10)16-6-2-5-14/h3-4,7,14H,2,5-6H2,1H3,(H,13,15). The number of hydrogen-bond donors (Lipinski definition) is 2.